The largest absolute Gasteiger partial charge is 0.508 e. The van der Waals surface area contributed by atoms with E-state index in [1.54, 1.807) is 41.5 Å². The number of rotatable bonds is 26. The molecule has 1 saturated heterocycles. The number of nitrogens with zero attached hydrogens (tertiary/aromatic N) is 1. The second-order valence-electron chi connectivity index (χ2n) is 31.6. The number of benzene rings is 4. The highest BCUT2D eigenvalue weighted by atomic mass is 32.2. The fourth-order valence-corrected chi connectivity index (χ4v) is 13.9. The number of nitrogens with two attached hydrogens (primary N) is 2. The van der Waals surface area contributed by atoms with Crippen LogP contribution in [0.5, 0.6) is 23.0 Å². The smallest absolute Gasteiger partial charge is 0.305 e. The van der Waals surface area contributed by atoms with Crippen LogP contribution in [0, 0.1) is 23.2 Å². The molecular formula is C84H115N21O23S. The van der Waals surface area contributed by atoms with Gasteiger partial charge >= 0.3 is 5.97 Å². The molecule has 0 radical (unpaired) electrons. The number of guanidine groups is 1. The summed E-state index contributed by atoms with van der Waals surface area (Å²) in [6.45, 7) is 5.99. The minimum absolute atomic E-state index is 0.0476. The van der Waals surface area contributed by atoms with E-state index >= 15 is 19.2 Å². The van der Waals surface area contributed by atoms with Crippen LogP contribution in [-0.2, 0) is 114 Å². The van der Waals surface area contributed by atoms with Crippen molar-refractivity contribution in [3.8, 4) is 23.0 Å². The number of nitrogens with one attached hydrogen (secondary N) is 18. The number of primary amides is 1. The average molecular weight is 1820 g/mol. The van der Waals surface area contributed by atoms with E-state index < -0.39 is 247 Å². The summed E-state index contributed by atoms with van der Waals surface area (Å²) in [4.78, 5) is 248. The van der Waals surface area contributed by atoms with Crippen LogP contribution in [-0.4, -0.2) is 264 Å². The van der Waals surface area contributed by atoms with Crippen molar-refractivity contribution in [1.82, 2.24) is 95.0 Å². The number of aliphatic hydroxyl groups is 1. The Kier molecular flexibility index (Phi) is 41.9. The number of carbonyl (C=O) groups is 17. The number of aromatic hydroxyl groups is 4. The zero-order chi connectivity index (χ0) is 95.1. The van der Waals surface area contributed by atoms with Crippen molar-refractivity contribution < 1.29 is 112 Å². The van der Waals surface area contributed by atoms with Crippen LogP contribution >= 0.6 is 11.8 Å². The second kappa shape index (κ2) is 52.1. The lowest BCUT2D eigenvalue weighted by molar-refractivity contribution is -0.141. The predicted molar refractivity (Wildman–Crippen MR) is 465 cm³/mol. The molecule has 16 amide bonds. The third kappa shape index (κ3) is 36.8. The zero-order valence-electron chi connectivity index (χ0n) is 71.9. The molecule has 700 valence electrons. The van der Waals surface area contributed by atoms with Gasteiger partial charge in [0.05, 0.1) is 50.4 Å². The number of imidazole rings is 1. The maximum Gasteiger partial charge on any atom is 0.305 e. The Morgan fingerprint density at radius 1 is 0.465 bits per heavy atom. The first-order chi connectivity index (χ1) is 61.1. The standard InChI is InChI=1S/C84H115N21O23S/c1-7-45(6)71-83(128)103-61(32-49-16-24-54(110)25-17-49)79(124)101-60(31-48-14-22-53(109)23-15-48)78(123)97-55(9-8-26-89-84(86)87)75(120)104-64(39-106)82(127)99-57(28-44(4)5)76(121)100-58(29-46-10-18-51(107)19-11-46)73(118)92-37-67(112)94-63(34-70(115)116)80(125)98-56(27-43(2)3)72(117)91-38-68(113)96-65(74(119)90-36-66(85)111)40-129-41-69(114)95-59(30-47-12-20-52(108)21-13-47)77(122)102-62(81(126)105-71)33-50-35-88-42-93-50/h10-25,35,42-45,55-65,71,106-110H,7-9,26-34,36-41H2,1-6H3,(H2,85,111)(H,88,93)(H,90,119)(H,91,117)(H,92,118)(H,94,112)(H,95,114)(H,96,113)(H,97,123)(H,98,125)(H,99,127)(H,100,121)(H,101,124)(H,102,122)(H,103,128)(H,104,120)(H,105,126)(H,115,116)(H4,86,87,89)/t45-,55-,56-,57-,58-,59-,60-,61-,62-,63-,64-,65-,71-/m0/s1. The van der Waals surface area contributed by atoms with Crippen LogP contribution in [0.2, 0.25) is 0 Å². The van der Waals surface area contributed by atoms with E-state index in [2.05, 4.69) is 95.0 Å². The van der Waals surface area contributed by atoms with Gasteiger partial charge in [-0.25, -0.2) is 4.98 Å². The Hall–Kier alpha value is -14.1. The molecule has 4 aromatic carbocycles. The van der Waals surface area contributed by atoms with Crippen molar-refractivity contribution >= 4 is 118 Å². The minimum atomic E-state index is -1.97. The van der Waals surface area contributed by atoms with Gasteiger partial charge in [0.15, 0.2) is 5.96 Å². The van der Waals surface area contributed by atoms with Crippen molar-refractivity contribution in [3.05, 3.63) is 138 Å². The van der Waals surface area contributed by atoms with Gasteiger partial charge in [0.2, 0.25) is 94.5 Å². The number of aromatic amines is 1. The maximum absolute atomic E-state index is 15.3. The lowest BCUT2D eigenvalue weighted by Gasteiger charge is -2.30. The molecule has 129 heavy (non-hydrogen) atoms. The number of phenols is 4. The Labute approximate surface area is 746 Å². The summed E-state index contributed by atoms with van der Waals surface area (Å²) in [5.74, 6) is -22.5. The number of carbonyl (C=O) groups excluding carboxylic acids is 16. The lowest BCUT2D eigenvalue weighted by Crippen LogP contribution is -2.62. The molecule has 6 rings (SSSR count). The summed E-state index contributed by atoms with van der Waals surface area (Å²) >= 11 is 0.724. The predicted octanol–water partition coefficient (Wildman–Crippen LogP) is -4.99. The number of phenolic OH excluding ortho intramolecular Hbond substituents is 4. The van der Waals surface area contributed by atoms with Gasteiger partial charge < -0.3 is 132 Å². The molecule has 0 unspecified atom stereocenters. The van der Waals surface area contributed by atoms with Crippen molar-refractivity contribution in [1.29, 1.82) is 5.41 Å². The zero-order valence-corrected chi connectivity index (χ0v) is 72.7. The molecule has 2 heterocycles. The highest BCUT2D eigenvalue weighted by Crippen LogP contribution is 2.20. The van der Waals surface area contributed by atoms with E-state index in [9.17, 15) is 93.0 Å². The number of H-pyrrole nitrogens is 1. The summed E-state index contributed by atoms with van der Waals surface area (Å²) in [5, 5.41) is 110. The summed E-state index contributed by atoms with van der Waals surface area (Å²) < 4.78 is 0. The first kappa shape index (κ1) is 104. The summed E-state index contributed by atoms with van der Waals surface area (Å²) in [6.07, 6.45) is -0.792. The first-order valence-electron chi connectivity index (χ1n) is 41.5. The van der Waals surface area contributed by atoms with Crippen molar-refractivity contribution in [2.24, 2.45) is 29.2 Å². The van der Waals surface area contributed by atoms with Crippen molar-refractivity contribution in [2.45, 2.75) is 185 Å². The Morgan fingerprint density at radius 2 is 0.837 bits per heavy atom. The van der Waals surface area contributed by atoms with E-state index in [4.69, 9.17) is 16.9 Å². The van der Waals surface area contributed by atoms with Gasteiger partial charge in [-0.2, -0.15) is 0 Å². The summed E-state index contributed by atoms with van der Waals surface area (Å²) in [7, 11) is 0. The van der Waals surface area contributed by atoms with Crippen LogP contribution in [0.25, 0.3) is 0 Å². The molecule has 5 aromatic rings. The van der Waals surface area contributed by atoms with Gasteiger partial charge in [-0.15, -0.1) is 11.8 Å². The van der Waals surface area contributed by atoms with Gasteiger partial charge in [0.1, 0.15) is 95.5 Å². The van der Waals surface area contributed by atoms with Crippen molar-refractivity contribution in [2.75, 3.05) is 44.3 Å². The number of hydrogen-bond donors (Lipinski definition) is 26. The fourth-order valence-electron chi connectivity index (χ4n) is 13.1. The fraction of sp³-hybridized carbons (Fsp3) is 0.464. The number of aliphatic hydroxyl groups excluding tert-OH is 1. The van der Waals surface area contributed by atoms with Crippen LogP contribution in [0.15, 0.2) is 110 Å². The van der Waals surface area contributed by atoms with Gasteiger partial charge in [-0.3, -0.25) is 86.9 Å². The van der Waals surface area contributed by atoms with Gasteiger partial charge in [-0.1, -0.05) is 96.5 Å². The Morgan fingerprint density at radius 3 is 1.27 bits per heavy atom. The third-order valence-electron chi connectivity index (χ3n) is 20.0. The van der Waals surface area contributed by atoms with Crippen LogP contribution in [0.1, 0.15) is 108 Å². The number of carboxylic acid groups (broad SMARTS) is 1. The molecule has 0 spiro atoms. The highest BCUT2D eigenvalue weighted by molar-refractivity contribution is 8.00. The van der Waals surface area contributed by atoms with Gasteiger partial charge in [-0.05, 0) is 114 Å². The van der Waals surface area contributed by atoms with Gasteiger partial charge in [0.25, 0.3) is 0 Å². The Bertz CT molecular complexity index is 4700. The van der Waals surface area contributed by atoms with E-state index in [1.165, 1.54) is 110 Å². The third-order valence-corrected chi connectivity index (χ3v) is 21.1. The number of amides is 16. The molecule has 0 aliphatic carbocycles. The Balaban J connectivity index is 1.44. The van der Waals surface area contributed by atoms with E-state index in [1.807, 2.05) is 0 Å². The average Bonchev–Trinajstić information content (AvgIpc) is 1.21. The molecule has 1 aliphatic heterocycles. The molecular weight excluding hydrogens is 1700 g/mol. The van der Waals surface area contributed by atoms with Crippen LogP contribution in [0.4, 0.5) is 0 Å². The normalized spacial score (nSPS) is 22.5. The first-order valence-corrected chi connectivity index (χ1v) is 42.6. The molecule has 0 bridgehead atoms. The molecule has 13 atom stereocenters. The quantitative estimate of drug-likeness (QED) is 0.0140. The van der Waals surface area contributed by atoms with E-state index in [-0.39, 0.29) is 93.0 Å². The number of carboxylic acids is 1. The molecule has 1 aliphatic rings. The summed E-state index contributed by atoms with van der Waals surface area (Å²) in [6, 6.07) is 1.48. The van der Waals surface area contributed by atoms with E-state index in [0.29, 0.717) is 22.3 Å². The van der Waals surface area contributed by atoms with Crippen LogP contribution in [0.3, 0.4) is 0 Å². The number of aromatic nitrogens is 2. The topological polar surface area (TPSA) is 709 Å². The lowest BCUT2D eigenvalue weighted by atomic mass is 9.96. The minimum Gasteiger partial charge on any atom is -0.508 e. The highest BCUT2D eigenvalue weighted by Gasteiger charge is 2.39. The van der Waals surface area contributed by atoms with Gasteiger partial charge in [0, 0.05) is 50.6 Å². The van der Waals surface area contributed by atoms with Crippen LogP contribution < -0.4 is 96.5 Å². The molecule has 0 saturated carbocycles. The SMILES string of the molecule is CC[C@H](C)[C@@H]1NC(=O)[C@H](Cc2c[nH]cn2)NC(=O)[C@H](Cc2ccc(O)cc2)NC(=O)CSC[C@@H](C(=O)NCC(N)=O)NC(=O)CNC(=O)[C@H](CC(C)C)NC(=O)[C@H](CC(=O)O)NC(=O)CNC(=O)[C@H](Cc2ccc(O)cc2)NC(=O)[C@H](CC(C)C)NC(=O)[C@H](CO)NC(=O)[C@H](CCCNC(=N)N)NC(=O)[C@H](Cc2ccc(O)cc2)NC(=O)[C@H](Cc2ccc(O)cc2)NC1=O. The number of hydrogen-bond acceptors (Lipinski definition) is 25. The molecule has 44 nitrogen and oxygen atoms in total. The monoisotopic (exact) mass is 1820 g/mol. The molecule has 45 heteroatoms. The molecule has 28 N–H and O–H groups in total. The molecule has 1 aromatic heterocycles. The summed E-state index contributed by atoms with van der Waals surface area (Å²) in [5.41, 5.74) is 12.4. The number of thioether (sulfide) groups is 1. The van der Waals surface area contributed by atoms with Crippen molar-refractivity contribution in [3.63, 3.8) is 0 Å². The second-order valence-corrected chi connectivity index (χ2v) is 32.7. The van der Waals surface area contributed by atoms with E-state index in [0.717, 1.165) is 11.8 Å². The molecule has 1 fully saturated rings. The number of aliphatic carboxylic acids is 1. The maximum atomic E-state index is 15.3.